The van der Waals surface area contributed by atoms with Crippen molar-refractivity contribution in [3.05, 3.63) is 42.5 Å². The van der Waals surface area contributed by atoms with Crippen molar-refractivity contribution < 1.29 is 9.13 Å². The Labute approximate surface area is 160 Å². The van der Waals surface area contributed by atoms with Gasteiger partial charge in [0, 0.05) is 13.2 Å². The topological polar surface area (TPSA) is 93.5 Å². The van der Waals surface area contributed by atoms with E-state index in [1.807, 2.05) is 6.92 Å². The van der Waals surface area contributed by atoms with Gasteiger partial charge in [-0.2, -0.15) is 0 Å². The molecule has 0 radical (unpaired) electrons. The van der Waals surface area contributed by atoms with Crippen LogP contribution in [0.2, 0.25) is 0 Å². The fraction of sp³-hybridized carbons (Fsp3) is 0.368. The summed E-state index contributed by atoms with van der Waals surface area (Å²) in [7, 11) is 1.72. The van der Waals surface area contributed by atoms with Gasteiger partial charge in [0.1, 0.15) is 23.5 Å². The Kier molecular flexibility index (Phi) is 3.97. The van der Waals surface area contributed by atoms with E-state index in [1.54, 1.807) is 25.6 Å². The molecule has 0 amide bonds. The average molecular weight is 381 g/mol. The summed E-state index contributed by atoms with van der Waals surface area (Å²) < 4.78 is 21.5. The van der Waals surface area contributed by atoms with Crippen LogP contribution in [0.25, 0.3) is 22.2 Å². The maximum Gasteiger partial charge on any atom is 0.182 e. The molecule has 1 aliphatic carbocycles. The Bertz CT molecular complexity index is 1150. The second kappa shape index (κ2) is 6.52. The molecule has 3 heterocycles. The van der Waals surface area contributed by atoms with Crippen LogP contribution >= 0.6 is 0 Å². The maximum atomic E-state index is 13.9. The van der Waals surface area contributed by atoms with E-state index in [-0.39, 0.29) is 24.0 Å². The van der Waals surface area contributed by atoms with E-state index in [1.165, 1.54) is 12.4 Å². The molecule has 3 aromatic heterocycles. The van der Waals surface area contributed by atoms with Crippen molar-refractivity contribution in [1.82, 2.24) is 29.5 Å². The van der Waals surface area contributed by atoms with Crippen molar-refractivity contribution in [3.63, 3.8) is 0 Å². The van der Waals surface area contributed by atoms with E-state index >= 15 is 0 Å². The number of fused-ring (bicyclic) bond motifs is 2. The number of nitrogens with zero attached hydrogens (tertiary/aromatic N) is 5. The van der Waals surface area contributed by atoms with Crippen molar-refractivity contribution in [3.8, 4) is 0 Å². The van der Waals surface area contributed by atoms with Crippen molar-refractivity contribution in [2.75, 3.05) is 12.4 Å². The molecule has 0 aliphatic heterocycles. The number of halogens is 1. The predicted molar refractivity (Wildman–Crippen MR) is 102 cm³/mol. The van der Waals surface area contributed by atoms with Crippen LogP contribution in [0.5, 0.6) is 0 Å². The fourth-order valence-corrected chi connectivity index (χ4v) is 3.86. The summed E-state index contributed by atoms with van der Waals surface area (Å²) in [6, 6.07) is 4.80. The van der Waals surface area contributed by atoms with Gasteiger partial charge in [0.2, 0.25) is 0 Å². The molecule has 9 heteroatoms. The molecule has 28 heavy (non-hydrogen) atoms. The molecule has 1 unspecified atom stereocenters. The van der Waals surface area contributed by atoms with Crippen LogP contribution in [-0.4, -0.2) is 42.7 Å². The van der Waals surface area contributed by atoms with E-state index < -0.39 is 0 Å². The van der Waals surface area contributed by atoms with Gasteiger partial charge in [0.05, 0.1) is 29.5 Å². The average Bonchev–Trinajstić information content (AvgIpc) is 3.26. The lowest BCUT2D eigenvalue weighted by Crippen LogP contribution is -2.34. The minimum Gasteiger partial charge on any atom is -0.381 e. The number of ether oxygens (including phenoxy) is 1. The Hall–Kier alpha value is -3.07. The summed E-state index contributed by atoms with van der Waals surface area (Å²) in [5, 5.41) is 3.40. The Morgan fingerprint density at radius 3 is 2.96 bits per heavy atom. The zero-order chi connectivity index (χ0) is 19.3. The number of benzene rings is 1. The summed E-state index contributed by atoms with van der Waals surface area (Å²) in [6.45, 7) is 2.02. The minimum atomic E-state index is -0.265. The number of rotatable bonds is 5. The Morgan fingerprint density at radius 1 is 1.29 bits per heavy atom. The molecule has 0 spiro atoms. The van der Waals surface area contributed by atoms with Crippen molar-refractivity contribution in [2.45, 2.75) is 38.0 Å². The second-order valence-corrected chi connectivity index (χ2v) is 7.15. The van der Waals surface area contributed by atoms with Crippen molar-refractivity contribution >= 4 is 28.0 Å². The van der Waals surface area contributed by atoms with E-state index in [0.717, 1.165) is 35.2 Å². The number of aromatic nitrogens is 6. The SMILES string of the molecule is COC1CC(n2c(C(C)Nc3ncnc4nc[nH]c34)nc3ccc(F)cc32)C1. The quantitative estimate of drug-likeness (QED) is 0.551. The third kappa shape index (κ3) is 2.70. The van der Waals surface area contributed by atoms with Gasteiger partial charge in [0.25, 0.3) is 0 Å². The minimum absolute atomic E-state index is 0.154. The largest absolute Gasteiger partial charge is 0.381 e. The lowest BCUT2D eigenvalue weighted by molar-refractivity contribution is 0.00642. The number of anilines is 1. The van der Waals surface area contributed by atoms with Gasteiger partial charge in [-0.25, -0.2) is 24.3 Å². The number of hydrogen-bond acceptors (Lipinski definition) is 6. The smallest absolute Gasteiger partial charge is 0.182 e. The first-order valence-electron chi connectivity index (χ1n) is 9.25. The molecule has 8 nitrogen and oxygen atoms in total. The van der Waals surface area contributed by atoms with Gasteiger partial charge in [-0.05, 0) is 38.0 Å². The van der Waals surface area contributed by atoms with Crippen LogP contribution in [0.15, 0.2) is 30.9 Å². The van der Waals surface area contributed by atoms with Crippen molar-refractivity contribution in [1.29, 1.82) is 0 Å². The van der Waals surface area contributed by atoms with Crippen LogP contribution in [0.3, 0.4) is 0 Å². The van der Waals surface area contributed by atoms with E-state index in [2.05, 4.69) is 29.8 Å². The summed E-state index contributed by atoms with van der Waals surface area (Å²) in [5.41, 5.74) is 2.92. The highest BCUT2D eigenvalue weighted by Crippen LogP contribution is 2.39. The van der Waals surface area contributed by atoms with Gasteiger partial charge in [-0.3, -0.25) is 0 Å². The lowest BCUT2D eigenvalue weighted by atomic mass is 9.88. The third-order valence-electron chi connectivity index (χ3n) is 5.41. The molecule has 1 aromatic carbocycles. The molecular weight excluding hydrogens is 361 g/mol. The molecule has 5 rings (SSSR count). The molecule has 1 atom stereocenters. The van der Waals surface area contributed by atoms with Crippen LogP contribution in [-0.2, 0) is 4.74 Å². The molecule has 1 saturated carbocycles. The fourth-order valence-electron chi connectivity index (χ4n) is 3.86. The molecule has 0 bridgehead atoms. The highest BCUT2D eigenvalue weighted by atomic mass is 19.1. The number of aromatic amines is 1. The van der Waals surface area contributed by atoms with Crippen molar-refractivity contribution in [2.24, 2.45) is 0 Å². The number of hydrogen-bond donors (Lipinski definition) is 2. The van der Waals surface area contributed by atoms with Crippen LogP contribution in [0.1, 0.15) is 37.7 Å². The van der Waals surface area contributed by atoms with Gasteiger partial charge in [-0.15, -0.1) is 0 Å². The molecule has 2 N–H and O–H groups in total. The monoisotopic (exact) mass is 381 g/mol. The number of nitrogens with one attached hydrogen (secondary N) is 2. The third-order valence-corrected chi connectivity index (χ3v) is 5.41. The van der Waals surface area contributed by atoms with Crippen LogP contribution < -0.4 is 5.32 Å². The van der Waals surface area contributed by atoms with Gasteiger partial charge in [-0.1, -0.05) is 0 Å². The molecule has 0 saturated heterocycles. The van der Waals surface area contributed by atoms with E-state index in [4.69, 9.17) is 9.72 Å². The van der Waals surface area contributed by atoms with E-state index in [0.29, 0.717) is 11.5 Å². The molecule has 144 valence electrons. The summed E-state index contributed by atoms with van der Waals surface area (Å²) >= 11 is 0. The predicted octanol–water partition coefficient (Wildman–Crippen LogP) is 3.36. The van der Waals surface area contributed by atoms with Gasteiger partial charge in [0.15, 0.2) is 11.5 Å². The van der Waals surface area contributed by atoms with E-state index in [9.17, 15) is 4.39 Å². The van der Waals surface area contributed by atoms with Gasteiger partial charge >= 0.3 is 0 Å². The summed E-state index contributed by atoms with van der Waals surface area (Å²) in [5.74, 6) is 1.23. The first-order chi connectivity index (χ1) is 13.6. The Morgan fingerprint density at radius 2 is 2.14 bits per heavy atom. The molecule has 1 fully saturated rings. The first kappa shape index (κ1) is 17.1. The highest BCUT2D eigenvalue weighted by Gasteiger charge is 2.34. The standard InChI is InChI=1S/C19H20FN7O/c1-10(25-18-16-17(22-8-21-16)23-9-24-18)19-26-14-4-3-11(20)5-15(14)27(19)12-6-13(7-12)28-2/h3-5,8-10,12-13H,6-7H2,1-2H3,(H2,21,22,23,24,25). The second-order valence-electron chi connectivity index (χ2n) is 7.15. The molecule has 4 aromatic rings. The maximum absolute atomic E-state index is 13.9. The number of methoxy groups -OCH3 is 1. The zero-order valence-electron chi connectivity index (χ0n) is 15.6. The van der Waals surface area contributed by atoms with Crippen LogP contribution in [0, 0.1) is 5.82 Å². The lowest BCUT2D eigenvalue weighted by Gasteiger charge is -2.37. The number of imidazole rings is 2. The number of H-pyrrole nitrogens is 1. The van der Waals surface area contributed by atoms with Gasteiger partial charge < -0.3 is 19.6 Å². The highest BCUT2D eigenvalue weighted by molar-refractivity contribution is 5.82. The molecular formula is C19H20FN7O. The normalized spacial score (nSPS) is 20.4. The first-order valence-corrected chi connectivity index (χ1v) is 9.25. The Balaban J connectivity index is 1.55. The molecule has 1 aliphatic rings. The summed E-state index contributed by atoms with van der Waals surface area (Å²) in [6.07, 6.45) is 5.07. The van der Waals surface area contributed by atoms with Crippen LogP contribution in [0.4, 0.5) is 10.2 Å². The zero-order valence-corrected chi connectivity index (χ0v) is 15.6. The summed E-state index contributed by atoms with van der Waals surface area (Å²) in [4.78, 5) is 20.5.